The van der Waals surface area contributed by atoms with Gasteiger partial charge in [0.25, 0.3) is 0 Å². The van der Waals surface area contributed by atoms with Gasteiger partial charge in [-0.15, -0.1) is 11.3 Å². The van der Waals surface area contributed by atoms with E-state index in [4.69, 9.17) is 4.74 Å². The molecular weight excluding hydrogens is 232 g/mol. The Morgan fingerprint density at radius 3 is 3.18 bits per heavy atom. The molecule has 0 saturated heterocycles. The molecule has 0 radical (unpaired) electrons. The first-order valence-corrected chi connectivity index (χ1v) is 7.35. The quantitative estimate of drug-likeness (QED) is 0.874. The Bertz CT molecular complexity index is 348. The van der Waals surface area contributed by atoms with Gasteiger partial charge in [0.05, 0.1) is 6.10 Å². The summed E-state index contributed by atoms with van der Waals surface area (Å²) in [7, 11) is 1.72. The number of ether oxygens (including phenoxy) is 1. The number of aliphatic hydroxyl groups excluding tert-OH is 1. The lowest BCUT2D eigenvalue weighted by molar-refractivity contribution is 0.0621. The Balaban J connectivity index is 2.03. The van der Waals surface area contributed by atoms with Crippen molar-refractivity contribution in [1.82, 2.24) is 0 Å². The first-order chi connectivity index (χ1) is 8.24. The van der Waals surface area contributed by atoms with Gasteiger partial charge < -0.3 is 9.84 Å². The number of hydrogen-bond donors (Lipinski definition) is 1. The van der Waals surface area contributed by atoms with E-state index in [-0.39, 0.29) is 6.10 Å². The smallest absolute Gasteiger partial charge is 0.0635 e. The third-order valence-corrected chi connectivity index (χ3v) is 4.87. The maximum absolute atomic E-state index is 10.5. The molecule has 17 heavy (non-hydrogen) atoms. The topological polar surface area (TPSA) is 29.5 Å². The summed E-state index contributed by atoms with van der Waals surface area (Å²) >= 11 is 1.84. The molecule has 0 saturated carbocycles. The molecular formula is C14H22O2S. The van der Waals surface area contributed by atoms with Gasteiger partial charge in [-0.25, -0.2) is 0 Å². The van der Waals surface area contributed by atoms with E-state index in [1.807, 2.05) is 11.3 Å². The molecule has 2 rings (SSSR count). The van der Waals surface area contributed by atoms with Crippen molar-refractivity contribution in [3.63, 3.8) is 0 Å². The number of methoxy groups -OCH3 is 1. The highest BCUT2D eigenvalue weighted by atomic mass is 32.1. The van der Waals surface area contributed by atoms with Crippen LogP contribution in [0.15, 0.2) is 11.4 Å². The highest BCUT2D eigenvalue weighted by molar-refractivity contribution is 7.10. The van der Waals surface area contributed by atoms with Crippen molar-refractivity contribution in [2.24, 2.45) is 5.92 Å². The van der Waals surface area contributed by atoms with Gasteiger partial charge in [-0.05, 0) is 48.6 Å². The average Bonchev–Trinajstić information content (AvgIpc) is 2.82. The molecule has 1 aromatic rings. The second-order valence-corrected chi connectivity index (χ2v) is 6.05. The van der Waals surface area contributed by atoms with E-state index in [9.17, 15) is 5.11 Å². The maximum Gasteiger partial charge on any atom is 0.0635 e. The lowest BCUT2D eigenvalue weighted by atomic mass is 9.79. The Hall–Kier alpha value is -0.380. The number of aryl methyl sites for hydroxylation is 1. The van der Waals surface area contributed by atoms with Gasteiger partial charge in [0.15, 0.2) is 0 Å². The van der Waals surface area contributed by atoms with Crippen molar-refractivity contribution in [3.05, 3.63) is 21.9 Å². The molecule has 0 amide bonds. The van der Waals surface area contributed by atoms with Crippen LogP contribution in [-0.2, 0) is 11.2 Å². The highest BCUT2D eigenvalue weighted by Gasteiger charge is 2.30. The Morgan fingerprint density at radius 1 is 1.59 bits per heavy atom. The van der Waals surface area contributed by atoms with Crippen molar-refractivity contribution >= 4 is 11.3 Å². The van der Waals surface area contributed by atoms with Crippen LogP contribution in [-0.4, -0.2) is 24.9 Å². The maximum atomic E-state index is 10.5. The summed E-state index contributed by atoms with van der Waals surface area (Å²) in [5.74, 6) is 0.655. The van der Waals surface area contributed by atoms with Gasteiger partial charge in [-0.3, -0.25) is 0 Å². The number of aliphatic hydroxyl groups is 1. The molecule has 0 fully saturated rings. The van der Waals surface area contributed by atoms with E-state index < -0.39 is 0 Å². The van der Waals surface area contributed by atoms with Crippen LogP contribution in [0.25, 0.3) is 0 Å². The molecule has 1 aromatic heterocycles. The van der Waals surface area contributed by atoms with Crippen molar-refractivity contribution < 1.29 is 9.84 Å². The monoisotopic (exact) mass is 254 g/mol. The van der Waals surface area contributed by atoms with Crippen molar-refractivity contribution in [3.8, 4) is 0 Å². The van der Waals surface area contributed by atoms with Gasteiger partial charge in [0, 0.05) is 24.5 Å². The first-order valence-electron chi connectivity index (χ1n) is 6.47. The lowest BCUT2D eigenvalue weighted by Gasteiger charge is -2.31. The molecule has 1 aliphatic carbocycles. The van der Waals surface area contributed by atoms with Crippen molar-refractivity contribution in [2.45, 2.75) is 44.6 Å². The minimum atomic E-state index is -0.223. The van der Waals surface area contributed by atoms with Gasteiger partial charge in [-0.2, -0.15) is 0 Å². The zero-order valence-electron chi connectivity index (χ0n) is 10.7. The predicted molar refractivity (Wildman–Crippen MR) is 71.7 cm³/mol. The first kappa shape index (κ1) is 13.1. The highest BCUT2D eigenvalue weighted by Crippen LogP contribution is 2.39. The van der Waals surface area contributed by atoms with Crippen LogP contribution < -0.4 is 0 Å². The van der Waals surface area contributed by atoms with E-state index in [0.29, 0.717) is 11.8 Å². The minimum absolute atomic E-state index is 0.223. The fourth-order valence-corrected chi connectivity index (χ4v) is 3.74. The second-order valence-electron chi connectivity index (χ2n) is 5.05. The summed E-state index contributed by atoms with van der Waals surface area (Å²) in [6.45, 7) is 2.87. The molecule has 3 unspecified atom stereocenters. The molecule has 3 atom stereocenters. The average molecular weight is 254 g/mol. The molecule has 1 heterocycles. The van der Waals surface area contributed by atoms with Crippen molar-refractivity contribution in [2.75, 3.05) is 13.7 Å². The van der Waals surface area contributed by atoms with Gasteiger partial charge >= 0.3 is 0 Å². The standard InChI is InChI=1S/C14H22O2S/c1-10(6-8-16-2)14(15)12-4-3-5-13-11(12)7-9-17-13/h7,9-10,12,14-15H,3-6,8H2,1-2H3. The zero-order chi connectivity index (χ0) is 12.3. The van der Waals surface area contributed by atoms with Crippen molar-refractivity contribution in [1.29, 1.82) is 0 Å². The third-order valence-electron chi connectivity index (χ3n) is 3.87. The number of thiophene rings is 1. The summed E-state index contributed by atoms with van der Waals surface area (Å²) in [5, 5.41) is 12.6. The van der Waals surface area contributed by atoms with Gasteiger partial charge in [-0.1, -0.05) is 6.92 Å². The Labute approximate surface area is 108 Å². The van der Waals surface area contributed by atoms with E-state index in [0.717, 1.165) is 19.4 Å². The van der Waals surface area contributed by atoms with Gasteiger partial charge in [0.1, 0.15) is 0 Å². The summed E-state index contributed by atoms with van der Waals surface area (Å²) in [6, 6.07) is 2.20. The fraction of sp³-hybridized carbons (Fsp3) is 0.714. The summed E-state index contributed by atoms with van der Waals surface area (Å²) in [6.07, 6.45) is 4.25. The van der Waals surface area contributed by atoms with Crippen LogP contribution in [0, 0.1) is 5.92 Å². The van der Waals surface area contributed by atoms with E-state index in [1.54, 1.807) is 7.11 Å². The molecule has 0 bridgehead atoms. The molecule has 0 aromatic carbocycles. The van der Waals surface area contributed by atoms with Crippen LogP contribution in [0.2, 0.25) is 0 Å². The summed E-state index contributed by atoms with van der Waals surface area (Å²) in [4.78, 5) is 1.49. The molecule has 0 spiro atoms. The summed E-state index contributed by atoms with van der Waals surface area (Å²) in [5.41, 5.74) is 1.40. The third kappa shape index (κ3) is 2.90. The Kier molecular flexibility index (Phi) is 4.60. The second kappa shape index (κ2) is 5.98. The minimum Gasteiger partial charge on any atom is -0.392 e. The Morgan fingerprint density at radius 2 is 2.41 bits per heavy atom. The SMILES string of the molecule is COCCC(C)C(O)C1CCCc2sccc21. The molecule has 1 aliphatic rings. The van der Waals surface area contributed by atoms with Crippen LogP contribution in [0.1, 0.15) is 42.5 Å². The number of fused-ring (bicyclic) bond motifs is 1. The van der Waals surface area contributed by atoms with E-state index >= 15 is 0 Å². The fourth-order valence-electron chi connectivity index (χ4n) is 2.75. The lowest BCUT2D eigenvalue weighted by Crippen LogP contribution is -2.28. The van der Waals surface area contributed by atoms with Crippen LogP contribution >= 0.6 is 11.3 Å². The molecule has 2 nitrogen and oxygen atoms in total. The number of hydrogen-bond acceptors (Lipinski definition) is 3. The van der Waals surface area contributed by atoms with Crippen LogP contribution in [0.5, 0.6) is 0 Å². The normalized spacial score (nSPS) is 23.1. The van der Waals surface area contributed by atoms with E-state index in [2.05, 4.69) is 18.4 Å². The predicted octanol–water partition coefficient (Wildman–Crippen LogP) is 3.20. The molecule has 0 aliphatic heterocycles. The largest absolute Gasteiger partial charge is 0.392 e. The molecule has 1 N–H and O–H groups in total. The van der Waals surface area contributed by atoms with Crippen LogP contribution in [0.3, 0.4) is 0 Å². The summed E-state index contributed by atoms with van der Waals surface area (Å²) < 4.78 is 5.10. The van der Waals surface area contributed by atoms with Gasteiger partial charge in [0.2, 0.25) is 0 Å². The number of rotatable bonds is 5. The molecule has 96 valence electrons. The zero-order valence-corrected chi connectivity index (χ0v) is 11.5. The van der Waals surface area contributed by atoms with Crippen LogP contribution in [0.4, 0.5) is 0 Å². The van der Waals surface area contributed by atoms with E-state index in [1.165, 1.54) is 23.3 Å². The molecule has 3 heteroatoms.